The molecule has 1 rings (SSSR count). The van der Waals surface area contributed by atoms with Gasteiger partial charge in [-0.05, 0) is 25.4 Å². The van der Waals surface area contributed by atoms with E-state index in [0.29, 0.717) is 6.42 Å². The molecule has 0 bridgehead atoms. The summed E-state index contributed by atoms with van der Waals surface area (Å²) in [7, 11) is 1.76. The monoisotopic (exact) mass is 191 g/mol. The number of likely N-dealkylation sites (tertiary alicyclic amines) is 1. The third-order valence-electron chi connectivity index (χ3n) is 2.84. The maximum atomic E-state index is 13.6. The van der Waals surface area contributed by atoms with Gasteiger partial charge in [-0.3, -0.25) is 0 Å². The van der Waals surface area contributed by atoms with Crippen molar-refractivity contribution in [2.45, 2.75) is 33.1 Å². The zero-order chi connectivity index (χ0) is 10.3. The van der Waals surface area contributed by atoms with Crippen LogP contribution >= 0.6 is 0 Å². The van der Waals surface area contributed by atoms with Gasteiger partial charge in [0.05, 0.1) is 6.54 Å². The summed E-state index contributed by atoms with van der Waals surface area (Å²) in [6.45, 7) is 6.40. The number of rotatable bonds is 0. The molecule has 1 nitrogen and oxygen atoms in total. The molecule has 0 aromatic heterocycles. The van der Waals surface area contributed by atoms with E-state index >= 15 is 0 Å². The second-order valence-electron chi connectivity index (χ2n) is 5.21. The molecule has 0 amide bonds. The third-order valence-corrected chi connectivity index (χ3v) is 2.84. The molecule has 0 aromatic carbocycles. The molecular formula is C10H19F2N. The largest absolute Gasteiger partial charge is 0.301 e. The maximum absolute atomic E-state index is 13.6. The van der Waals surface area contributed by atoms with Crippen LogP contribution in [0.25, 0.3) is 0 Å². The van der Waals surface area contributed by atoms with Crippen LogP contribution in [0.2, 0.25) is 0 Å². The van der Waals surface area contributed by atoms with Crippen LogP contribution in [0.4, 0.5) is 8.78 Å². The lowest BCUT2D eigenvalue weighted by Crippen LogP contribution is -2.51. The Morgan fingerprint density at radius 2 is 1.85 bits per heavy atom. The highest BCUT2D eigenvalue weighted by atomic mass is 19.3. The molecule has 1 atom stereocenters. The van der Waals surface area contributed by atoms with Gasteiger partial charge in [-0.25, -0.2) is 8.78 Å². The van der Waals surface area contributed by atoms with Crippen molar-refractivity contribution in [2.24, 2.45) is 11.3 Å². The Kier molecular flexibility index (Phi) is 2.68. The lowest BCUT2D eigenvalue weighted by molar-refractivity contribution is -0.139. The standard InChI is InChI=1S/C10H19F2N/c1-9(2,3)8-5-6-13(4)7-10(8,11)12/h8H,5-7H2,1-4H3. The quantitative estimate of drug-likeness (QED) is 0.569. The first-order chi connectivity index (χ1) is 5.73. The average Bonchev–Trinajstić information content (AvgIpc) is 1.79. The van der Waals surface area contributed by atoms with E-state index in [0.717, 1.165) is 6.54 Å². The number of hydrogen-bond acceptors (Lipinski definition) is 1. The van der Waals surface area contributed by atoms with Gasteiger partial charge in [-0.1, -0.05) is 20.8 Å². The molecule has 3 heteroatoms. The smallest absolute Gasteiger partial charge is 0.263 e. The van der Waals surface area contributed by atoms with Crippen molar-refractivity contribution in [2.75, 3.05) is 20.1 Å². The first-order valence-electron chi connectivity index (χ1n) is 4.80. The van der Waals surface area contributed by atoms with Crippen LogP contribution in [0, 0.1) is 11.3 Å². The molecule has 13 heavy (non-hydrogen) atoms. The van der Waals surface area contributed by atoms with Gasteiger partial charge in [0.15, 0.2) is 0 Å². The molecule has 1 aliphatic rings. The minimum absolute atomic E-state index is 0.0884. The zero-order valence-corrected chi connectivity index (χ0v) is 8.90. The van der Waals surface area contributed by atoms with Crippen LogP contribution in [0.15, 0.2) is 0 Å². The molecule has 0 N–H and O–H groups in total. The van der Waals surface area contributed by atoms with Crippen LogP contribution in [-0.4, -0.2) is 31.0 Å². The highest BCUT2D eigenvalue weighted by Gasteiger charge is 2.48. The molecule has 1 heterocycles. The van der Waals surface area contributed by atoms with E-state index < -0.39 is 11.8 Å². The highest BCUT2D eigenvalue weighted by Crippen LogP contribution is 2.43. The van der Waals surface area contributed by atoms with E-state index in [1.54, 1.807) is 11.9 Å². The van der Waals surface area contributed by atoms with Crippen molar-refractivity contribution in [3.05, 3.63) is 0 Å². The third kappa shape index (κ3) is 2.39. The van der Waals surface area contributed by atoms with Gasteiger partial charge in [0.25, 0.3) is 5.92 Å². The van der Waals surface area contributed by atoms with Gasteiger partial charge in [0, 0.05) is 5.92 Å². The molecule has 1 saturated heterocycles. The summed E-state index contributed by atoms with van der Waals surface area (Å²) in [6, 6.07) is 0. The Labute approximate surface area is 79.1 Å². The van der Waals surface area contributed by atoms with Crippen molar-refractivity contribution in [1.29, 1.82) is 0 Å². The van der Waals surface area contributed by atoms with Crippen molar-refractivity contribution in [3.63, 3.8) is 0 Å². The van der Waals surface area contributed by atoms with E-state index in [-0.39, 0.29) is 12.0 Å². The van der Waals surface area contributed by atoms with Gasteiger partial charge >= 0.3 is 0 Å². The van der Waals surface area contributed by atoms with Gasteiger partial charge in [-0.15, -0.1) is 0 Å². The van der Waals surface area contributed by atoms with E-state index in [1.807, 2.05) is 20.8 Å². The Bertz CT molecular complexity index is 184. The first kappa shape index (κ1) is 10.9. The number of hydrogen-bond donors (Lipinski definition) is 0. The molecule has 0 radical (unpaired) electrons. The van der Waals surface area contributed by atoms with Crippen LogP contribution in [0.5, 0.6) is 0 Å². The fourth-order valence-electron chi connectivity index (χ4n) is 2.18. The fraction of sp³-hybridized carbons (Fsp3) is 1.00. The molecule has 0 aromatic rings. The summed E-state index contributed by atoms with van der Waals surface area (Å²) in [4.78, 5) is 1.71. The fourth-order valence-corrected chi connectivity index (χ4v) is 2.18. The number of nitrogens with zero attached hydrogens (tertiary/aromatic N) is 1. The SMILES string of the molecule is CN1CCC(C(C)(C)C)C(F)(F)C1. The molecular weight excluding hydrogens is 172 g/mol. The Morgan fingerprint density at radius 3 is 2.23 bits per heavy atom. The van der Waals surface area contributed by atoms with Crippen molar-refractivity contribution in [3.8, 4) is 0 Å². The second kappa shape index (κ2) is 3.19. The zero-order valence-electron chi connectivity index (χ0n) is 8.90. The molecule has 1 unspecified atom stereocenters. The van der Waals surface area contributed by atoms with E-state index in [4.69, 9.17) is 0 Å². The highest BCUT2D eigenvalue weighted by molar-refractivity contribution is 4.91. The van der Waals surface area contributed by atoms with Gasteiger partial charge in [-0.2, -0.15) is 0 Å². The summed E-state index contributed by atoms with van der Waals surface area (Å²) < 4.78 is 27.1. The van der Waals surface area contributed by atoms with Gasteiger partial charge < -0.3 is 4.90 Å². The predicted octanol–water partition coefficient (Wildman–Crippen LogP) is 2.62. The van der Waals surface area contributed by atoms with Gasteiger partial charge in [0.2, 0.25) is 0 Å². The van der Waals surface area contributed by atoms with E-state index in [1.165, 1.54) is 0 Å². The number of piperidine rings is 1. The normalized spacial score (nSPS) is 30.5. The van der Waals surface area contributed by atoms with E-state index in [2.05, 4.69) is 0 Å². The number of alkyl halides is 2. The summed E-state index contributed by atoms with van der Waals surface area (Å²) in [6.07, 6.45) is 0.604. The number of halogens is 2. The second-order valence-corrected chi connectivity index (χ2v) is 5.21. The summed E-state index contributed by atoms with van der Waals surface area (Å²) in [5.41, 5.74) is -0.287. The first-order valence-corrected chi connectivity index (χ1v) is 4.80. The minimum Gasteiger partial charge on any atom is -0.301 e. The summed E-state index contributed by atoms with van der Waals surface area (Å²) >= 11 is 0. The van der Waals surface area contributed by atoms with Crippen molar-refractivity contribution >= 4 is 0 Å². The summed E-state index contributed by atoms with van der Waals surface area (Å²) in [5.74, 6) is -3.00. The van der Waals surface area contributed by atoms with Crippen molar-refractivity contribution in [1.82, 2.24) is 4.90 Å². The molecule has 1 aliphatic heterocycles. The Morgan fingerprint density at radius 1 is 1.31 bits per heavy atom. The predicted molar refractivity (Wildman–Crippen MR) is 50.0 cm³/mol. The van der Waals surface area contributed by atoms with Crippen LogP contribution in [0.1, 0.15) is 27.2 Å². The Hall–Kier alpha value is -0.180. The van der Waals surface area contributed by atoms with Gasteiger partial charge in [0.1, 0.15) is 0 Å². The lowest BCUT2D eigenvalue weighted by atomic mass is 9.73. The maximum Gasteiger partial charge on any atom is 0.263 e. The van der Waals surface area contributed by atoms with Crippen LogP contribution < -0.4 is 0 Å². The molecule has 0 aliphatic carbocycles. The molecule has 1 fully saturated rings. The molecule has 0 saturated carbocycles. The molecule has 0 spiro atoms. The topological polar surface area (TPSA) is 3.24 Å². The van der Waals surface area contributed by atoms with E-state index in [9.17, 15) is 8.78 Å². The average molecular weight is 191 g/mol. The Balaban J connectivity index is 2.76. The molecule has 78 valence electrons. The summed E-state index contributed by atoms with van der Waals surface area (Å²) in [5, 5.41) is 0. The van der Waals surface area contributed by atoms with Crippen LogP contribution in [0.3, 0.4) is 0 Å². The minimum atomic E-state index is -2.52. The van der Waals surface area contributed by atoms with Crippen LogP contribution in [-0.2, 0) is 0 Å². The lowest BCUT2D eigenvalue weighted by Gasteiger charge is -2.43. The van der Waals surface area contributed by atoms with Crippen molar-refractivity contribution < 1.29 is 8.78 Å².